The number of nitrogens with zero attached hydrogens (tertiary/aromatic N) is 1. The van der Waals surface area contributed by atoms with Crippen LogP contribution < -0.4 is 10.6 Å². The number of esters is 1. The molecule has 9 heteroatoms. The number of nitrogens with one attached hydrogen (secondary N) is 2. The molecular formula is C25H24ClN3O4S. The number of ether oxygens (including phenoxy) is 1. The molecule has 1 aliphatic rings. The zero-order valence-corrected chi connectivity index (χ0v) is 20.3. The van der Waals surface area contributed by atoms with Crippen molar-refractivity contribution >= 4 is 46.8 Å². The average molecular weight is 498 g/mol. The van der Waals surface area contributed by atoms with Gasteiger partial charge in [-0.3, -0.25) is 14.4 Å². The predicted molar refractivity (Wildman–Crippen MR) is 132 cm³/mol. The highest BCUT2D eigenvalue weighted by Crippen LogP contribution is 2.42. The third-order valence-corrected chi connectivity index (χ3v) is 6.66. The summed E-state index contributed by atoms with van der Waals surface area (Å²) in [5, 5.41) is 15.9. The number of amides is 2. The Labute approximate surface area is 207 Å². The highest BCUT2D eigenvalue weighted by molar-refractivity contribution is 8.03. The Morgan fingerprint density at radius 3 is 2.50 bits per heavy atom. The summed E-state index contributed by atoms with van der Waals surface area (Å²) in [7, 11) is 0. The van der Waals surface area contributed by atoms with Crippen LogP contribution in [0.25, 0.3) is 0 Å². The number of allylic oxidation sites excluding steroid dienone is 1. The van der Waals surface area contributed by atoms with E-state index in [1.54, 1.807) is 31.2 Å². The molecule has 2 N–H and O–H groups in total. The Morgan fingerprint density at radius 1 is 1.18 bits per heavy atom. The zero-order chi connectivity index (χ0) is 24.7. The summed E-state index contributed by atoms with van der Waals surface area (Å²) in [4.78, 5) is 38.1. The molecule has 0 spiro atoms. The maximum absolute atomic E-state index is 13.0. The summed E-state index contributed by atoms with van der Waals surface area (Å²) in [6.07, 6.45) is 0.897. The van der Waals surface area contributed by atoms with E-state index in [1.807, 2.05) is 31.2 Å². The van der Waals surface area contributed by atoms with Crippen LogP contribution in [0.3, 0.4) is 0 Å². The van der Waals surface area contributed by atoms with Crippen LogP contribution in [-0.4, -0.2) is 30.1 Å². The Balaban J connectivity index is 1.87. The maximum Gasteiger partial charge on any atom is 0.319 e. The van der Waals surface area contributed by atoms with Gasteiger partial charge in [-0.25, -0.2) is 0 Å². The van der Waals surface area contributed by atoms with Crippen LogP contribution in [0.1, 0.15) is 30.9 Å². The van der Waals surface area contributed by atoms with Crippen LogP contribution in [0.2, 0.25) is 5.02 Å². The minimum absolute atomic E-state index is 0.0460. The molecule has 7 nitrogen and oxygen atoms in total. The minimum Gasteiger partial charge on any atom is -0.465 e. The van der Waals surface area contributed by atoms with Gasteiger partial charge in [-0.15, -0.1) is 0 Å². The van der Waals surface area contributed by atoms with E-state index in [4.69, 9.17) is 16.3 Å². The van der Waals surface area contributed by atoms with Crippen molar-refractivity contribution in [1.29, 1.82) is 5.26 Å². The molecule has 0 saturated carbocycles. The lowest BCUT2D eigenvalue weighted by Crippen LogP contribution is -2.44. The topological polar surface area (TPSA) is 108 Å². The molecule has 0 aromatic heterocycles. The monoisotopic (exact) mass is 497 g/mol. The fourth-order valence-electron chi connectivity index (χ4n) is 3.65. The maximum atomic E-state index is 13.0. The third kappa shape index (κ3) is 5.79. The van der Waals surface area contributed by atoms with Gasteiger partial charge in [-0.2, -0.15) is 5.26 Å². The van der Waals surface area contributed by atoms with Crippen LogP contribution in [-0.2, 0) is 25.5 Å². The molecular weight excluding hydrogens is 474 g/mol. The van der Waals surface area contributed by atoms with Gasteiger partial charge in [0.25, 0.3) is 0 Å². The number of anilines is 1. The van der Waals surface area contributed by atoms with Crippen molar-refractivity contribution in [2.24, 2.45) is 5.92 Å². The number of nitriles is 1. The second-order valence-corrected chi connectivity index (χ2v) is 8.85. The van der Waals surface area contributed by atoms with Crippen molar-refractivity contribution in [3.8, 4) is 6.07 Å². The Kier molecular flexibility index (Phi) is 8.74. The number of carbonyl (C=O) groups excluding carboxylic acids is 3. The van der Waals surface area contributed by atoms with Crippen molar-refractivity contribution in [3.63, 3.8) is 0 Å². The zero-order valence-electron chi connectivity index (χ0n) is 18.8. The van der Waals surface area contributed by atoms with Crippen molar-refractivity contribution in [3.05, 3.63) is 75.3 Å². The molecule has 34 heavy (non-hydrogen) atoms. The van der Waals surface area contributed by atoms with Gasteiger partial charge in [0.05, 0.1) is 29.0 Å². The summed E-state index contributed by atoms with van der Waals surface area (Å²) in [5.41, 5.74) is 2.42. The van der Waals surface area contributed by atoms with Crippen LogP contribution in [0.15, 0.2) is 59.1 Å². The lowest BCUT2D eigenvalue weighted by Gasteiger charge is -2.31. The van der Waals surface area contributed by atoms with E-state index in [1.165, 1.54) is 0 Å². The van der Waals surface area contributed by atoms with E-state index in [0.29, 0.717) is 16.3 Å². The smallest absolute Gasteiger partial charge is 0.319 e. The van der Waals surface area contributed by atoms with Gasteiger partial charge >= 0.3 is 5.97 Å². The first kappa shape index (κ1) is 25.3. The highest BCUT2D eigenvalue weighted by Gasteiger charge is 2.45. The molecule has 2 atom stereocenters. The second-order valence-electron chi connectivity index (χ2n) is 7.46. The summed E-state index contributed by atoms with van der Waals surface area (Å²) in [5.74, 6) is -3.90. The van der Waals surface area contributed by atoms with E-state index >= 15 is 0 Å². The molecule has 3 rings (SSSR count). The fourth-order valence-corrected chi connectivity index (χ4v) is 4.75. The molecule has 0 fully saturated rings. The van der Waals surface area contributed by atoms with Gasteiger partial charge in [-0.1, -0.05) is 60.6 Å². The summed E-state index contributed by atoms with van der Waals surface area (Å²) >= 11 is 7.39. The first-order chi connectivity index (χ1) is 16.4. The number of hydrogen-bond acceptors (Lipinski definition) is 6. The van der Waals surface area contributed by atoms with E-state index < -0.39 is 23.7 Å². The lowest BCUT2D eigenvalue weighted by atomic mass is 9.78. The normalized spacial score (nSPS) is 17.5. The standard InChI is InChI=1S/C25H24ClN3O4S/c1-3-15-9-11-16(12-10-15)28-20(30)14-34-24-18(13-27)21(17-7-5-6-8-19(17)26)22(23(31)29-24)25(32)33-4-2/h5-12,21-22H,3-4,14H2,1-2H3,(H,28,30)(H,29,31)/t21-,22-/m0/s1. The molecule has 0 bridgehead atoms. The molecule has 1 aliphatic heterocycles. The second kappa shape index (κ2) is 11.7. The number of rotatable bonds is 8. The first-order valence-electron chi connectivity index (χ1n) is 10.8. The van der Waals surface area contributed by atoms with Gasteiger partial charge < -0.3 is 15.4 Å². The number of aryl methyl sites for hydroxylation is 1. The molecule has 0 saturated heterocycles. The molecule has 1 heterocycles. The number of hydrogen-bond donors (Lipinski definition) is 2. The van der Waals surface area contributed by atoms with Gasteiger partial charge in [0, 0.05) is 16.6 Å². The number of halogens is 1. The summed E-state index contributed by atoms with van der Waals surface area (Å²) in [6.45, 7) is 3.77. The van der Waals surface area contributed by atoms with E-state index in [9.17, 15) is 19.6 Å². The van der Waals surface area contributed by atoms with Crippen LogP contribution in [0.5, 0.6) is 0 Å². The average Bonchev–Trinajstić information content (AvgIpc) is 2.83. The Morgan fingerprint density at radius 2 is 1.88 bits per heavy atom. The summed E-state index contributed by atoms with van der Waals surface area (Å²) < 4.78 is 5.11. The molecule has 0 radical (unpaired) electrons. The fraction of sp³-hybridized carbons (Fsp3) is 0.280. The quantitative estimate of drug-likeness (QED) is 0.413. The molecule has 2 amide bonds. The van der Waals surface area contributed by atoms with Gasteiger partial charge in [-0.05, 0) is 42.7 Å². The van der Waals surface area contributed by atoms with Crippen LogP contribution >= 0.6 is 23.4 Å². The first-order valence-corrected chi connectivity index (χ1v) is 12.1. The van der Waals surface area contributed by atoms with Gasteiger partial charge in [0.1, 0.15) is 5.92 Å². The van der Waals surface area contributed by atoms with E-state index in [0.717, 1.165) is 23.7 Å². The van der Waals surface area contributed by atoms with Crippen molar-refractivity contribution < 1.29 is 19.1 Å². The molecule has 176 valence electrons. The van der Waals surface area contributed by atoms with Gasteiger partial charge in [0.15, 0.2) is 0 Å². The Bertz CT molecular complexity index is 1160. The molecule has 2 aromatic rings. The summed E-state index contributed by atoms with van der Waals surface area (Å²) in [6, 6.07) is 16.4. The van der Waals surface area contributed by atoms with Crippen LogP contribution in [0.4, 0.5) is 5.69 Å². The third-order valence-electron chi connectivity index (χ3n) is 5.30. The minimum atomic E-state index is -1.27. The van der Waals surface area contributed by atoms with E-state index in [2.05, 4.69) is 16.7 Å². The number of benzene rings is 2. The predicted octanol–water partition coefficient (Wildman–Crippen LogP) is 4.40. The molecule has 2 aromatic carbocycles. The number of carbonyl (C=O) groups is 3. The number of thioether (sulfide) groups is 1. The van der Waals surface area contributed by atoms with E-state index in [-0.39, 0.29) is 28.9 Å². The van der Waals surface area contributed by atoms with Crippen molar-refractivity contribution in [1.82, 2.24) is 5.32 Å². The SMILES string of the molecule is CCOC(=O)[C@@H]1C(=O)NC(SCC(=O)Nc2ccc(CC)cc2)=C(C#N)[C@@H]1c1ccccc1Cl. The van der Waals surface area contributed by atoms with Crippen LogP contribution in [0, 0.1) is 17.2 Å². The van der Waals surface area contributed by atoms with Crippen molar-refractivity contribution in [2.75, 3.05) is 17.7 Å². The van der Waals surface area contributed by atoms with Gasteiger partial charge in [0.2, 0.25) is 11.8 Å². The Hall–Kier alpha value is -3.28. The largest absolute Gasteiger partial charge is 0.465 e. The lowest BCUT2D eigenvalue weighted by molar-refractivity contribution is -0.152. The molecule has 0 aliphatic carbocycles. The van der Waals surface area contributed by atoms with Crippen molar-refractivity contribution in [2.45, 2.75) is 26.2 Å². The highest BCUT2D eigenvalue weighted by atomic mass is 35.5. The molecule has 0 unspecified atom stereocenters.